The lowest BCUT2D eigenvalue weighted by Crippen LogP contribution is -2.20. The number of Topliss-reactive ketones (excluding diaryl/α,β-unsaturated/α-hetero) is 1. The highest BCUT2D eigenvalue weighted by atomic mass is 32.2. The third-order valence-electron chi connectivity index (χ3n) is 5.24. The van der Waals surface area contributed by atoms with Crippen molar-refractivity contribution in [1.29, 1.82) is 0 Å². The number of carbonyl (C=O) groups excluding carboxylic acids is 1. The number of aromatic nitrogens is 4. The number of hydrogen-bond acceptors (Lipinski definition) is 6. The molecule has 2 heterocycles. The molecule has 0 radical (unpaired) electrons. The normalized spacial score (nSPS) is 11.1. The summed E-state index contributed by atoms with van der Waals surface area (Å²) in [4.78, 5) is 25.7. The van der Waals surface area contributed by atoms with E-state index in [4.69, 9.17) is 4.74 Å². The zero-order valence-electron chi connectivity index (χ0n) is 17.7. The van der Waals surface area contributed by atoms with Crippen LogP contribution in [0.2, 0.25) is 0 Å². The Kier molecular flexibility index (Phi) is 5.65. The highest BCUT2D eigenvalue weighted by molar-refractivity contribution is 7.99. The minimum absolute atomic E-state index is 0.0204. The van der Waals surface area contributed by atoms with E-state index in [-0.39, 0.29) is 22.7 Å². The van der Waals surface area contributed by atoms with Crippen LogP contribution < -0.4 is 10.3 Å². The number of benzene rings is 2. The maximum atomic E-state index is 12.9. The van der Waals surface area contributed by atoms with Gasteiger partial charge >= 0.3 is 5.56 Å². The molecule has 0 saturated carbocycles. The van der Waals surface area contributed by atoms with Gasteiger partial charge in [0, 0.05) is 24.0 Å². The van der Waals surface area contributed by atoms with Crippen LogP contribution in [-0.2, 0) is 0 Å². The Morgan fingerprint density at radius 3 is 2.58 bits per heavy atom. The van der Waals surface area contributed by atoms with Crippen molar-refractivity contribution < 1.29 is 9.53 Å². The zero-order valence-corrected chi connectivity index (χ0v) is 18.6. The highest BCUT2D eigenvalue weighted by Gasteiger charge is 2.16. The van der Waals surface area contributed by atoms with Crippen molar-refractivity contribution in [2.75, 3.05) is 12.9 Å². The van der Waals surface area contributed by atoms with Crippen LogP contribution in [0.3, 0.4) is 0 Å². The van der Waals surface area contributed by atoms with Crippen molar-refractivity contribution in [2.24, 2.45) is 0 Å². The minimum Gasteiger partial charge on any atom is -0.497 e. The third-order valence-corrected chi connectivity index (χ3v) is 6.19. The molecular weight excluding hydrogens is 412 g/mol. The van der Waals surface area contributed by atoms with Crippen molar-refractivity contribution in [3.05, 3.63) is 81.4 Å². The summed E-state index contributed by atoms with van der Waals surface area (Å²) in [6.07, 6.45) is 3.39. The maximum Gasteiger partial charge on any atom is 0.300 e. The van der Waals surface area contributed by atoms with E-state index < -0.39 is 0 Å². The molecule has 4 rings (SSSR count). The molecule has 158 valence electrons. The second-order valence-electron chi connectivity index (χ2n) is 7.31. The van der Waals surface area contributed by atoms with Crippen molar-refractivity contribution in [1.82, 2.24) is 19.2 Å². The number of hydrogen-bond donors (Lipinski definition) is 0. The van der Waals surface area contributed by atoms with Crippen LogP contribution in [0, 0.1) is 20.8 Å². The van der Waals surface area contributed by atoms with Gasteiger partial charge in [-0.05, 0) is 55.7 Å². The van der Waals surface area contributed by atoms with E-state index in [1.54, 1.807) is 30.0 Å². The van der Waals surface area contributed by atoms with Gasteiger partial charge < -0.3 is 4.74 Å². The van der Waals surface area contributed by atoms with Gasteiger partial charge in [0.25, 0.3) is 0 Å². The van der Waals surface area contributed by atoms with E-state index >= 15 is 0 Å². The molecule has 0 atom stereocenters. The van der Waals surface area contributed by atoms with Crippen LogP contribution in [0.4, 0.5) is 0 Å². The summed E-state index contributed by atoms with van der Waals surface area (Å²) in [5.74, 6) is 0.887. The average molecular weight is 435 g/mol. The number of ether oxygens (including phenoxy) is 1. The molecule has 0 amide bonds. The largest absolute Gasteiger partial charge is 0.497 e. The quantitative estimate of drug-likeness (QED) is 0.339. The lowest BCUT2D eigenvalue weighted by atomic mass is 9.99. The minimum atomic E-state index is -0.300. The van der Waals surface area contributed by atoms with Crippen LogP contribution in [0.5, 0.6) is 5.75 Å². The fourth-order valence-corrected chi connectivity index (χ4v) is 4.20. The van der Waals surface area contributed by atoms with E-state index in [1.807, 2.05) is 51.1 Å². The first kappa shape index (κ1) is 20.9. The first-order valence-electron chi connectivity index (χ1n) is 9.73. The molecule has 0 saturated heterocycles. The Morgan fingerprint density at radius 2 is 1.81 bits per heavy atom. The second-order valence-corrected chi connectivity index (χ2v) is 8.26. The number of nitrogens with zero attached hydrogens (tertiary/aromatic N) is 4. The summed E-state index contributed by atoms with van der Waals surface area (Å²) in [7, 11) is 1.58. The van der Waals surface area contributed by atoms with Crippen molar-refractivity contribution in [2.45, 2.75) is 25.9 Å². The van der Waals surface area contributed by atoms with E-state index in [9.17, 15) is 9.59 Å². The molecule has 0 aliphatic rings. The summed E-state index contributed by atoms with van der Waals surface area (Å²) >= 11 is 1.27. The Balaban J connectivity index is 1.60. The summed E-state index contributed by atoms with van der Waals surface area (Å²) in [6.45, 7) is 5.97. The summed E-state index contributed by atoms with van der Waals surface area (Å²) in [6, 6.07) is 11.2. The molecule has 0 fully saturated rings. The average Bonchev–Trinajstić information content (AvgIpc) is 3.19. The Bertz CT molecular complexity index is 1360. The first-order chi connectivity index (χ1) is 14.9. The lowest BCUT2D eigenvalue weighted by molar-refractivity contribution is 0.102. The van der Waals surface area contributed by atoms with Crippen LogP contribution in [0.1, 0.15) is 27.0 Å². The van der Waals surface area contributed by atoms with Gasteiger partial charge in [0.05, 0.1) is 18.6 Å². The zero-order chi connectivity index (χ0) is 22.1. The third kappa shape index (κ3) is 3.98. The van der Waals surface area contributed by atoms with Gasteiger partial charge in [0.2, 0.25) is 5.65 Å². The standard InChI is InChI=1S/C23H22N4O3S/c1-14-10-16(3)19(11-15(14)2)20(28)13-31-23-25-24-21-22(29)26(8-9-27(21)23)17-6-5-7-18(12-17)30-4/h5-12H,13H2,1-4H3. The lowest BCUT2D eigenvalue weighted by Gasteiger charge is -2.09. The molecule has 4 aromatic rings. The number of carbonyl (C=O) groups is 1. The topological polar surface area (TPSA) is 78.5 Å². The summed E-state index contributed by atoms with van der Waals surface area (Å²) in [5, 5.41) is 8.69. The fourth-order valence-electron chi connectivity index (χ4n) is 3.40. The Morgan fingerprint density at radius 1 is 1.03 bits per heavy atom. The summed E-state index contributed by atoms with van der Waals surface area (Å²) in [5.41, 5.74) is 4.49. The van der Waals surface area contributed by atoms with Crippen LogP contribution >= 0.6 is 11.8 Å². The molecule has 31 heavy (non-hydrogen) atoms. The maximum absolute atomic E-state index is 12.9. The van der Waals surface area contributed by atoms with Gasteiger partial charge in [-0.25, -0.2) is 0 Å². The summed E-state index contributed by atoms with van der Waals surface area (Å²) < 4.78 is 8.34. The number of methoxy groups -OCH3 is 1. The monoisotopic (exact) mass is 434 g/mol. The smallest absolute Gasteiger partial charge is 0.300 e. The van der Waals surface area contributed by atoms with Gasteiger partial charge in [0.15, 0.2) is 10.9 Å². The number of thioether (sulfide) groups is 1. The predicted molar refractivity (Wildman–Crippen MR) is 121 cm³/mol. The molecule has 0 aliphatic carbocycles. The van der Waals surface area contributed by atoms with Crippen molar-refractivity contribution >= 4 is 23.2 Å². The molecule has 0 spiro atoms. The molecule has 2 aromatic heterocycles. The Hall–Kier alpha value is -3.39. The van der Waals surface area contributed by atoms with Gasteiger partial charge in [-0.1, -0.05) is 23.9 Å². The molecular formula is C23H22N4O3S. The Labute approximate surface area is 183 Å². The second kappa shape index (κ2) is 8.39. The number of rotatable bonds is 6. The molecule has 2 aromatic carbocycles. The number of aryl methyl sites for hydroxylation is 3. The van der Waals surface area contributed by atoms with Crippen molar-refractivity contribution in [3.63, 3.8) is 0 Å². The molecule has 7 nitrogen and oxygen atoms in total. The van der Waals surface area contributed by atoms with Gasteiger partial charge in [-0.2, -0.15) is 0 Å². The number of ketones is 1. The SMILES string of the molecule is COc1cccc(-n2ccn3c(SCC(=O)c4cc(C)c(C)cc4C)nnc3c2=O)c1. The van der Waals surface area contributed by atoms with Gasteiger partial charge in [0.1, 0.15) is 5.75 Å². The number of fused-ring (bicyclic) bond motifs is 1. The van der Waals surface area contributed by atoms with Gasteiger partial charge in [-0.15, -0.1) is 10.2 Å². The van der Waals surface area contributed by atoms with Crippen LogP contribution in [0.15, 0.2) is 58.7 Å². The predicted octanol–water partition coefficient (Wildman–Crippen LogP) is 3.79. The highest BCUT2D eigenvalue weighted by Crippen LogP contribution is 2.21. The molecule has 8 heteroatoms. The first-order valence-corrected chi connectivity index (χ1v) is 10.7. The molecule has 0 N–H and O–H groups in total. The van der Waals surface area contributed by atoms with Crippen molar-refractivity contribution in [3.8, 4) is 11.4 Å². The molecule has 0 unspecified atom stereocenters. The van der Waals surface area contributed by atoms with E-state index in [0.29, 0.717) is 22.2 Å². The van der Waals surface area contributed by atoms with E-state index in [1.165, 1.54) is 16.3 Å². The van der Waals surface area contributed by atoms with E-state index in [2.05, 4.69) is 10.2 Å². The van der Waals surface area contributed by atoms with Crippen LogP contribution in [-0.4, -0.2) is 37.8 Å². The van der Waals surface area contributed by atoms with Crippen LogP contribution in [0.25, 0.3) is 11.3 Å². The van der Waals surface area contributed by atoms with E-state index in [0.717, 1.165) is 16.7 Å². The fraction of sp³-hybridized carbons (Fsp3) is 0.217. The van der Waals surface area contributed by atoms with Gasteiger partial charge in [-0.3, -0.25) is 18.6 Å². The molecule has 0 bridgehead atoms. The molecule has 0 aliphatic heterocycles.